The highest BCUT2D eigenvalue weighted by Crippen LogP contribution is 2.17. The van der Waals surface area contributed by atoms with Crippen LogP contribution in [0, 0.1) is 0 Å². The second kappa shape index (κ2) is 4.21. The van der Waals surface area contributed by atoms with Gasteiger partial charge in [0.15, 0.2) is 0 Å². The number of hydrogen-bond acceptors (Lipinski definition) is 4. The molecular weight excluding hydrogens is 233 g/mol. The van der Waals surface area contributed by atoms with E-state index in [1.165, 1.54) is 5.32 Å². The number of rotatable bonds is 3. The van der Waals surface area contributed by atoms with Gasteiger partial charge in [-0.05, 0) is 0 Å². The molecule has 9 heteroatoms. The van der Waals surface area contributed by atoms with Gasteiger partial charge in [-0.15, -0.1) is 0 Å². The number of halogens is 3. The Morgan fingerprint density at radius 3 is 2.62 bits per heavy atom. The molecule has 1 amide bonds. The summed E-state index contributed by atoms with van der Waals surface area (Å²) in [5.74, 6) is -3.46. The minimum absolute atomic E-state index is 0.0926. The minimum atomic E-state index is -5.05. The van der Waals surface area contributed by atoms with Crippen LogP contribution in [0.15, 0.2) is 10.7 Å². The molecule has 0 atom stereocenters. The highest BCUT2D eigenvalue weighted by molar-refractivity contribution is 5.93. The van der Waals surface area contributed by atoms with E-state index in [4.69, 9.17) is 5.11 Å². The molecule has 0 spiro atoms. The number of anilines is 1. The molecule has 0 aliphatic heterocycles. The monoisotopic (exact) mass is 238 g/mol. The summed E-state index contributed by atoms with van der Waals surface area (Å²) in [6.45, 7) is 0. The van der Waals surface area contributed by atoms with Gasteiger partial charge in [-0.2, -0.15) is 18.2 Å². The van der Waals surface area contributed by atoms with E-state index in [1.54, 1.807) is 0 Å². The number of carbonyl (C=O) groups excluding carboxylic acids is 1. The van der Waals surface area contributed by atoms with Crippen LogP contribution in [-0.2, 0) is 16.0 Å². The van der Waals surface area contributed by atoms with Crippen LogP contribution >= 0.6 is 0 Å². The van der Waals surface area contributed by atoms with Gasteiger partial charge in [0.05, 0.1) is 12.1 Å². The first kappa shape index (κ1) is 12.0. The van der Waals surface area contributed by atoms with E-state index < -0.39 is 30.5 Å². The third kappa shape index (κ3) is 3.26. The zero-order valence-electron chi connectivity index (χ0n) is 7.54. The number of nitrogens with zero attached hydrogens (tertiary/aromatic N) is 1. The van der Waals surface area contributed by atoms with Crippen LogP contribution in [-0.4, -0.2) is 28.1 Å². The summed E-state index contributed by atoms with van der Waals surface area (Å²) in [7, 11) is 0. The molecule has 0 saturated carbocycles. The number of alkyl halides is 3. The van der Waals surface area contributed by atoms with E-state index in [2.05, 4.69) is 9.40 Å². The lowest BCUT2D eigenvalue weighted by molar-refractivity contribution is -0.167. The van der Waals surface area contributed by atoms with Gasteiger partial charge in [0, 0.05) is 0 Å². The predicted molar refractivity (Wildman–Crippen MR) is 42.5 cm³/mol. The lowest BCUT2D eigenvalue weighted by Crippen LogP contribution is -2.30. The van der Waals surface area contributed by atoms with Crippen LogP contribution in [0.1, 0.15) is 5.69 Å². The van der Waals surface area contributed by atoms with Crippen molar-refractivity contribution in [1.29, 1.82) is 0 Å². The van der Waals surface area contributed by atoms with E-state index in [1.807, 2.05) is 0 Å². The summed E-state index contributed by atoms with van der Waals surface area (Å²) in [4.78, 5) is 23.9. The third-order valence-corrected chi connectivity index (χ3v) is 1.36. The van der Waals surface area contributed by atoms with Crippen LogP contribution in [0.3, 0.4) is 0 Å². The van der Waals surface area contributed by atoms with E-state index in [-0.39, 0.29) is 5.69 Å². The van der Waals surface area contributed by atoms with E-state index in [0.717, 1.165) is 6.26 Å². The molecule has 0 aromatic carbocycles. The maximum atomic E-state index is 11.8. The number of oxazole rings is 1. The molecule has 0 radical (unpaired) electrons. The van der Waals surface area contributed by atoms with Crippen LogP contribution in [0.25, 0.3) is 0 Å². The highest BCUT2D eigenvalue weighted by atomic mass is 19.4. The molecule has 0 aliphatic rings. The molecule has 88 valence electrons. The largest absolute Gasteiger partial charge is 0.481 e. The van der Waals surface area contributed by atoms with Crippen LogP contribution in [0.5, 0.6) is 0 Å². The molecule has 0 unspecified atom stereocenters. The topological polar surface area (TPSA) is 92.4 Å². The van der Waals surface area contributed by atoms with Gasteiger partial charge >= 0.3 is 24.1 Å². The zero-order chi connectivity index (χ0) is 12.3. The number of amides is 1. The minimum Gasteiger partial charge on any atom is -0.481 e. The first-order valence-corrected chi connectivity index (χ1v) is 3.83. The molecule has 1 aromatic heterocycles. The highest BCUT2D eigenvalue weighted by Gasteiger charge is 2.39. The second-order valence-electron chi connectivity index (χ2n) is 2.67. The Kier molecular flexibility index (Phi) is 3.16. The molecule has 0 aliphatic carbocycles. The molecule has 2 N–H and O–H groups in total. The normalized spacial score (nSPS) is 11.2. The average Bonchev–Trinajstić information content (AvgIpc) is 2.49. The number of carboxylic acids is 1. The van der Waals surface area contributed by atoms with Crippen molar-refractivity contribution in [2.45, 2.75) is 12.6 Å². The molecular formula is C7H5F3N2O4. The van der Waals surface area contributed by atoms with Crippen molar-refractivity contribution in [3.63, 3.8) is 0 Å². The Balaban J connectivity index is 2.66. The van der Waals surface area contributed by atoms with Gasteiger partial charge in [-0.3, -0.25) is 14.9 Å². The molecule has 16 heavy (non-hydrogen) atoms. The van der Waals surface area contributed by atoms with Gasteiger partial charge in [0.2, 0.25) is 0 Å². The Hall–Kier alpha value is -2.06. The fourth-order valence-electron chi connectivity index (χ4n) is 0.769. The standard InChI is InChI=1S/C7H5F3N2O4/c8-7(9,10)5(15)12-6-11-3(2-16-6)1-4(13)14/h2H,1H2,(H,13,14)(H,11,12,15). The van der Waals surface area contributed by atoms with Gasteiger partial charge in [-0.1, -0.05) is 0 Å². The summed E-state index contributed by atoms with van der Waals surface area (Å²) >= 11 is 0. The van der Waals surface area contributed by atoms with Crippen molar-refractivity contribution in [2.24, 2.45) is 0 Å². The zero-order valence-corrected chi connectivity index (χ0v) is 7.54. The number of aromatic nitrogens is 1. The number of nitrogens with one attached hydrogen (secondary N) is 1. The van der Waals surface area contributed by atoms with Crippen molar-refractivity contribution in [3.05, 3.63) is 12.0 Å². The van der Waals surface area contributed by atoms with E-state index in [9.17, 15) is 22.8 Å². The summed E-state index contributed by atoms with van der Waals surface area (Å²) in [6, 6.07) is -0.696. The smallest absolute Gasteiger partial charge is 0.471 e. The molecule has 0 fully saturated rings. The van der Waals surface area contributed by atoms with Crippen molar-refractivity contribution < 1.29 is 32.3 Å². The Bertz CT molecular complexity index is 412. The summed E-state index contributed by atoms with van der Waals surface area (Å²) in [6.07, 6.45) is -4.72. The van der Waals surface area contributed by atoms with Gasteiger partial charge in [0.1, 0.15) is 6.26 Å². The van der Waals surface area contributed by atoms with Gasteiger partial charge in [-0.25, -0.2) is 0 Å². The van der Waals surface area contributed by atoms with Crippen LogP contribution in [0.2, 0.25) is 0 Å². The first-order chi connectivity index (χ1) is 7.29. The van der Waals surface area contributed by atoms with E-state index >= 15 is 0 Å². The lowest BCUT2D eigenvalue weighted by Gasteiger charge is -2.03. The van der Waals surface area contributed by atoms with E-state index in [0.29, 0.717) is 0 Å². The Morgan fingerprint density at radius 1 is 1.50 bits per heavy atom. The number of carbonyl (C=O) groups is 2. The molecule has 0 saturated heterocycles. The molecule has 1 heterocycles. The van der Waals surface area contributed by atoms with Gasteiger partial charge < -0.3 is 9.52 Å². The fraction of sp³-hybridized carbons (Fsp3) is 0.286. The van der Waals surface area contributed by atoms with Crippen molar-refractivity contribution in [1.82, 2.24) is 4.98 Å². The van der Waals surface area contributed by atoms with Crippen molar-refractivity contribution in [3.8, 4) is 0 Å². The van der Waals surface area contributed by atoms with Crippen LogP contribution < -0.4 is 5.32 Å². The molecule has 1 aromatic rings. The number of carboxylic acid groups (broad SMARTS) is 1. The molecule has 0 bridgehead atoms. The van der Waals surface area contributed by atoms with Gasteiger partial charge in [0.25, 0.3) is 0 Å². The molecule has 1 rings (SSSR count). The Morgan fingerprint density at radius 2 is 2.12 bits per heavy atom. The first-order valence-electron chi connectivity index (χ1n) is 3.83. The third-order valence-electron chi connectivity index (χ3n) is 1.36. The lowest BCUT2D eigenvalue weighted by atomic mass is 10.3. The maximum Gasteiger partial charge on any atom is 0.471 e. The summed E-state index contributed by atoms with van der Waals surface area (Å²) in [5, 5.41) is 9.68. The van der Waals surface area contributed by atoms with Crippen molar-refractivity contribution in [2.75, 3.05) is 5.32 Å². The maximum absolute atomic E-state index is 11.8. The van der Waals surface area contributed by atoms with Crippen molar-refractivity contribution >= 4 is 17.9 Å². The number of aliphatic carboxylic acids is 1. The second-order valence-corrected chi connectivity index (χ2v) is 2.67. The summed E-state index contributed by atoms with van der Waals surface area (Å²) < 4.78 is 39.8. The average molecular weight is 238 g/mol. The fourth-order valence-corrected chi connectivity index (χ4v) is 0.769. The summed E-state index contributed by atoms with van der Waals surface area (Å²) in [5.41, 5.74) is -0.0926. The predicted octanol–water partition coefficient (Wildman–Crippen LogP) is 0.802. The number of hydrogen-bond donors (Lipinski definition) is 2. The van der Waals surface area contributed by atoms with Crippen LogP contribution in [0.4, 0.5) is 19.2 Å². The Labute approximate surface area is 86.1 Å². The quantitative estimate of drug-likeness (QED) is 0.812. The molecule has 6 nitrogen and oxygen atoms in total. The SMILES string of the molecule is O=C(O)Cc1coc(NC(=O)C(F)(F)F)n1.